The Morgan fingerprint density at radius 3 is 2.83 bits per heavy atom. The normalized spacial score (nSPS) is 18.7. The molecule has 0 spiro atoms. The van der Waals surface area contributed by atoms with Crippen LogP contribution in [0.1, 0.15) is 12.2 Å². The van der Waals surface area contributed by atoms with Gasteiger partial charge < -0.3 is 14.2 Å². The molecule has 0 saturated carbocycles. The smallest absolute Gasteiger partial charge is 0.286 e. The minimum atomic E-state index is -0.256. The molecule has 1 aromatic carbocycles. The molecular formula is C21H19Cl2N4O2S+. The SMILES string of the molecule is N#CCC[NH+]1CCN(C2=NC(=O)/C(=C/c3ccc(-c4cc(Cl)ccc4Cl)o3)S2)CC1. The van der Waals surface area contributed by atoms with E-state index in [0.29, 0.717) is 38.5 Å². The Balaban J connectivity index is 1.42. The van der Waals surface area contributed by atoms with Crippen molar-refractivity contribution >= 4 is 52.1 Å². The minimum Gasteiger partial charge on any atom is -0.457 e. The lowest BCUT2D eigenvalue weighted by atomic mass is 10.2. The number of piperazine rings is 1. The molecule has 4 rings (SSSR count). The number of thioether (sulfide) groups is 1. The molecular weight excluding hydrogens is 443 g/mol. The highest BCUT2D eigenvalue weighted by Crippen LogP contribution is 2.34. The Morgan fingerprint density at radius 2 is 2.07 bits per heavy atom. The van der Waals surface area contributed by atoms with Crippen molar-refractivity contribution in [2.75, 3.05) is 32.7 Å². The van der Waals surface area contributed by atoms with E-state index in [0.717, 1.165) is 37.9 Å². The van der Waals surface area contributed by atoms with E-state index in [-0.39, 0.29) is 5.91 Å². The molecule has 1 N–H and O–H groups in total. The van der Waals surface area contributed by atoms with Crippen LogP contribution in [-0.4, -0.2) is 48.7 Å². The van der Waals surface area contributed by atoms with E-state index in [1.165, 1.54) is 16.7 Å². The third-order valence-electron chi connectivity index (χ3n) is 5.03. The van der Waals surface area contributed by atoms with Crippen molar-refractivity contribution in [2.45, 2.75) is 6.42 Å². The van der Waals surface area contributed by atoms with Gasteiger partial charge >= 0.3 is 0 Å². The lowest BCUT2D eigenvalue weighted by Gasteiger charge is -2.32. The number of hydrogen-bond donors (Lipinski definition) is 1. The zero-order valence-corrected chi connectivity index (χ0v) is 18.4. The standard InChI is InChI=1S/C21H18Cl2N4O2S/c22-14-2-4-17(23)16(12-14)18-5-3-15(29-18)13-19-20(28)25-21(30-19)27-10-8-26(9-11-27)7-1-6-24/h2-5,12-13H,1,7-11H2/p+1/b19-13-. The number of aliphatic imine (C=N–C) groups is 1. The maximum absolute atomic E-state index is 12.4. The first-order valence-corrected chi connectivity index (χ1v) is 11.1. The van der Waals surface area contributed by atoms with Gasteiger partial charge in [-0.3, -0.25) is 4.79 Å². The zero-order valence-electron chi connectivity index (χ0n) is 16.0. The van der Waals surface area contributed by atoms with Crippen LogP contribution in [0, 0.1) is 11.3 Å². The van der Waals surface area contributed by atoms with E-state index in [9.17, 15) is 4.79 Å². The first-order valence-electron chi connectivity index (χ1n) is 9.57. The number of benzene rings is 1. The second-order valence-corrected chi connectivity index (χ2v) is 8.88. The number of halogens is 2. The summed E-state index contributed by atoms with van der Waals surface area (Å²) in [6, 6.07) is 11.0. The molecule has 9 heteroatoms. The summed E-state index contributed by atoms with van der Waals surface area (Å²) in [6.45, 7) is 4.40. The van der Waals surface area contributed by atoms with Crippen molar-refractivity contribution in [1.29, 1.82) is 5.26 Å². The summed E-state index contributed by atoms with van der Waals surface area (Å²) in [5.41, 5.74) is 0.702. The number of carbonyl (C=O) groups is 1. The van der Waals surface area contributed by atoms with Crippen LogP contribution < -0.4 is 4.90 Å². The van der Waals surface area contributed by atoms with Gasteiger partial charge in [-0.25, -0.2) is 0 Å². The molecule has 0 bridgehead atoms. The molecule has 2 aliphatic rings. The predicted octanol–water partition coefficient (Wildman–Crippen LogP) is 3.34. The molecule has 2 aromatic rings. The van der Waals surface area contributed by atoms with E-state index >= 15 is 0 Å². The molecule has 3 heterocycles. The maximum atomic E-state index is 12.4. The summed E-state index contributed by atoms with van der Waals surface area (Å²) >= 11 is 13.7. The fourth-order valence-electron chi connectivity index (χ4n) is 3.42. The highest BCUT2D eigenvalue weighted by atomic mass is 35.5. The van der Waals surface area contributed by atoms with Crippen LogP contribution in [-0.2, 0) is 4.79 Å². The average molecular weight is 462 g/mol. The maximum Gasteiger partial charge on any atom is 0.286 e. The number of rotatable bonds is 4. The topological polar surface area (TPSA) is 74.0 Å². The lowest BCUT2D eigenvalue weighted by Crippen LogP contribution is -3.14. The number of quaternary nitrogens is 1. The molecule has 0 radical (unpaired) electrons. The highest BCUT2D eigenvalue weighted by Gasteiger charge is 2.29. The number of nitrogens with zero attached hydrogens (tertiary/aromatic N) is 3. The van der Waals surface area contributed by atoms with Crippen LogP contribution in [0.2, 0.25) is 10.0 Å². The van der Waals surface area contributed by atoms with Gasteiger partial charge in [-0.15, -0.1) is 0 Å². The number of nitriles is 1. The minimum absolute atomic E-state index is 0.256. The number of furan rings is 1. The number of hydrogen-bond acceptors (Lipinski definition) is 5. The van der Waals surface area contributed by atoms with Gasteiger partial charge in [0, 0.05) is 16.7 Å². The molecule has 0 aliphatic carbocycles. The third-order valence-corrected chi connectivity index (χ3v) is 6.64. The summed E-state index contributed by atoms with van der Waals surface area (Å²) in [4.78, 5) is 20.7. The molecule has 0 unspecified atom stereocenters. The Bertz CT molecular complexity index is 1070. The Labute approximate surface area is 188 Å². The van der Waals surface area contributed by atoms with Crippen molar-refractivity contribution in [3.8, 4) is 17.4 Å². The number of nitrogens with one attached hydrogen (secondary N) is 1. The first-order chi connectivity index (χ1) is 14.5. The van der Waals surface area contributed by atoms with Crippen LogP contribution in [0.3, 0.4) is 0 Å². The molecule has 2 aliphatic heterocycles. The second-order valence-electron chi connectivity index (χ2n) is 7.03. The summed E-state index contributed by atoms with van der Waals surface area (Å²) in [5.74, 6) is 0.884. The molecule has 1 aromatic heterocycles. The van der Waals surface area contributed by atoms with Crippen molar-refractivity contribution in [1.82, 2.24) is 4.90 Å². The molecule has 1 saturated heterocycles. The number of carbonyl (C=O) groups excluding carboxylic acids is 1. The summed E-state index contributed by atoms with van der Waals surface area (Å²) in [7, 11) is 0. The van der Waals surface area contributed by atoms with E-state index in [1.54, 1.807) is 36.4 Å². The Hall–Kier alpha value is -2.24. The molecule has 30 heavy (non-hydrogen) atoms. The average Bonchev–Trinajstić information content (AvgIpc) is 3.36. The van der Waals surface area contributed by atoms with Gasteiger partial charge in [-0.1, -0.05) is 23.2 Å². The fourth-order valence-corrected chi connectivity index (χ4v) is 4.75. The Morgan fingerprint density at radius 1 is 1.27 bits per heavy atom. The fraction of sp³-hybridized carbons (Fsp3) is 0.286. The molecule has 1 fully saturated rings. The summed E-state index contributed by atoms with van der Waals surface area (Å²) in [5, 5.41) is 10.6. The largest absolute Gasteiger partial charge is 0.457 e. The van der Waals surface area contributed by atoms with Gasteiger partial charge in [0.1, 0.15) is 11.5 Å². The highest BCUT2D eigenvalue weighted by molar-refractivity contribution is 8.18. The van der Waals surface area contributed by atoms with Crippen LogP contribution in [0.5, 0.6) is 0 Å². The van der Waals surface area contributed by atoms with Crippen LogP contribution in [0.15, 0.2) is 44.6 Å². The van der Waals surface area contributed by atoms with Crippen LogP contribution >= 0.6 is 35.0 Å². The number of amides is 1. The van der Waals surface area contributed by atoms with Crippen LogP contribution in [0.4, 0.5) is 0 Å². The summed E-state index contributed by atoms with van der Waals surface area (Å²) in [6.07, 6.45) is 2.28. The Kier molecular flexibility index (Phi) is 6.49. The van der Waals surface area contributed by atoms with Crippen molar-refractivity contribution in [2.24, 2.45) is 4.99 Å². The van der Waals surface area contributed by atoms with Gasteiger partial charge in [-0.2, -0.15) is 10.3 Å². The molecule has 154 valence electrons. The predicted molar refractivity (Wildman–Crippen MR) is 120 cm³/mol. The zero-order chi connectivity index (χ0) is 21.1. The summed E-state index contributed by atoms with van der Waals surface area (Å²) < 4.78 is 5.87. The van der Waals surface area contributed by atoms with Gasteiger partial charge in [0.15, 0.2) is 5.17 Å². The van der Waals surface area contributed by atoms with Crippen molar-refractivity contribution in [3.63, 3.8) is 0 Å². The quantitative estimate of drug-likeness (QED) is 0.706. The third kappa shape index (κ3) is 4.73. The second kappa shape index (κ2) is 9.27. The van der Waals surface area contributed by atoms with Crippen LogP contribution in [0.25, 0.3) is 17.4 Å². The van der Waals surface area contributed by atoms with E-state index in [1.807, 2.05) is 0 Å². The van der Waals surface area contributed by atoms with E-state index < -0.39 is 0 Å². The van der Waals surface area contributed by atoms with Gasteiger partial charge in [0.25, 0.3) is 5.91 Å². The first kappa shape index (κ1) is 21.0. The van der Waals surface area contributed by atoms with Crippen molar-refractivity contribution < 1.29 is 14.1 Å². The van der Waals surface area contributed by atoms with Gasteiger partial charge in [0.2, 0.25) is 0 Å². The lowest BCUT2D eigenvalue weighted by molar-refractivity contribution is -0.903. The van der Waals surface area contributed by atoms with Gasteiger partial charge in [-0.05, 0) is 42.1 Å². The monoisotopic (exact) mass is 461 g/mol. The van der Waals surface area contributed by atoms with E-state index in [2.05, 4.69) is 16.0 Å². The van der Waals surface area contributed by atoms with Crippen molar-refractivity contribution in [3.05, 3.63) is 51.0 Å². The van der Waals surface area contributed by atoms with Gasteiger partial charge in [0.05, 0.1) is 55.1 Å². The van der Waals surface area contributed by atoms with E-state index in [4.69, 9.17) is 32.9 Å². The molecule has 0 atom stereocenters. The number of amidine groups is 1. The molecule has 6 nitrogen and oxygen atoms in total. The molecule has 1 amide bonds.